The zero-order chi connectivity index (χ0) is 23.4. The molecule has 1 aromatic rings. The van der Waals surface area contributed by atoms with Crippen molar-refractivity contribution >= 4 is 17.5 Å². The number of allylic oxidation sites excluding steroid dienone is 4. The quantitative estimate of drug-likeness (QED) is 0.717. The molecule has 0 amide bonds. The van der Waals surface area contributed by atoms with E-state index >= 15 is 0 Å². The van der Waals surface area contributed by atoms with Gasteiger partial charge in [-0.2, -0.15) is 0 Å². The summed E-state index contributed by atoms with van der Waals surface area (Å²) in [5.74, 6) is -1.23. The van der Waals surface area contributed by atoms with Gasteiger partial charge in [0.1, 0.15) is 5.75 Å². The molecule has 6 heteroatoms. The van der Waals surface area contributed by atoms with E-state index in [1.54, 1.807) is 24.3 Å². The van der Waals surface area contributed by atoms with Crippen molar-refractivity contribution in [2.24, 2.45) is 10.8 Å². The third kappa shape index (κ3) is 3.98. The molecule has 2 aliphatic carbocycles. The summed E-state index contributed by atoms with van der Waals surface area (Å²) in [6.45, 7) is 8.46. The summed E-state index contributed by atoms with van der Waals surface area (Å²) in [5.41, 5.74) is 3.26. The number of hydrogen-bond acceptors (Lipinski definition) is 5. The third-order valence-electron chi connectivity index (χ3n) is 6.80. The fourth-order valence-corrected chi connectivity index (χ4v) is 5.53. The Hall–Kier alpha value is -2.89. The Morgan fingerprint density at radius 1 is 0.906 bits per heavy atom. The van der Waals surface area contributed by atoms with Crippen molar-refractivity contribution in [1.82, 2.24) is 4.90 Å². The fourth-order valence-electron chi connectivity index (χ4n) is 5.53. The molecule has 1 aromatic carbocycles. The van der Waals surface area contributed by atoms with Crippen LogP contribution in [0.2, 0.25) is 0 Å². The highest BCUT2D eigenvalue weighted by Crippen LogP contribution is 2.54. The lowest BCUT2D eigenvalue weighted by Crippen LogP contribution is -2.45. The van der Waals surface area contributed by atoms with Gasteiger partial charge in [0, 0.05) is 47.8 Å². The Kier molecular flexibility index (Phi) is 5.30. The molecule has 0 aromatic heterocycles. The molecule has 0 bridgehead atoms. The molecule has 0 spiro atoms. The van der Waals surface area contributed by atoms with Crippen molar-refractivity contribution < 1.29 is 24.6 Å². The number of Topliss-reactive ketones (excluding diaryl/α,β-unsaturated/α-hetero) is 2. The maximum atomic E-state index is 13.5. The lowest BCUT2D eigenvalue weighted by molar-refractivity contribution is -0.137. The number of carbonyl (C=O) groups is 3. The number of aromatic hydroxyl groups is 1. The van der Waals surface area contributed by atoms with Crippen molar-refractivity contribution in [3.05, 3.63) is 52.4 Å². The second-order valence-corrected chi connectivity index (χ2v) is 10.9. The molecular weight excluding hydrogens is 406 g/mol. The van der Waals surface area contributed by atoms with Gasteiger partial charge in [-0.1, -0.05) is 39.8 Å². The van der Waals surface area contributed by atoms with Gasteiger partial charge in [-0.05, 0) is 41.4 Å². The minimum absolute atomic E-state index is 0.0128. The summed E-state index contributed by atoms with van der Waals surface area (Å²) in [6, 6.07) is 6.73. The molecule has 1 aliphatic heterocycles. The van der Waals surface area contributed by atoms with Gasteiger partial charge in [-0.3, -0.25) is 14.4 Å². The number of ketones is 2. The molecule has 3 aliphatic rings. The number of benzene rings is 1. The van der Waals surface area contributed by atoms with Gasteiger partial charge in [0.15, 0.2) is 11.6 Å². The van der Waals surface area contributed by atoms with Crippen LogP contribution in [0.3, 0.4) is 0 Å². The minimum atomic E-state index is -0.905. The standard InChI is InChI=1S/C26H31NO5/c1-25(2)11-17-23(19(29)13-25)22(15-5-7-16(28)8-6-15)24-18(27(17)10-9-21(31)32)12-26(3,4)14-20(24)30/h5-8,22,28H,9-14H2,1-4H3,(H,31,32). The highest BCUT2D eigenvalue weighted by atomic mass is 16.4. The molecule has 1 heterocycles. The van der Waals surface area contributed by atoms with Crippen LogP contribution in [0.15, 0.2) is 46.8 Å². The second-order valence-electron chi connectivity index (χ2n) is 10.9. The number of aliphatic carboxylic acids is 1. The minimum Gasteiger partial charge on any atom is -0.508 e. The highest BCUT2D eigenvalue weighted by Gasteiger charge is 2.48. The monoisotopic (exact) mass is 437 g/mol. The average molecular weight is 438 g/mol. The summed E-state index contributed by atoms with van der Waals surface area (Å²) in [5, 5.41) is 19.2. The van der Waals surface area contributed by atoms with Gasteiger partial charge in [0.05, 0.1) is 6.42 Å². The number of phenolic OH excluding ortho intramolecular Hbond substituents is 1. The number of carbonyl (C=O) groups excluding carboxylic acids is 2. The van der Waals surface area contributed by atoms with E-state index in [9.17, 15) is 24.6 Å². The van der Waals surface area contributed by atoms with Crippen LogP contribution in [0, 0.1) is 10.8 Å². The first-order valence-corrected chi connectivity index (χ1v) is 11.2. The number of carboxylic acid groups (broad SMARTS) is 1. The molecule has 6 nitrogen and oxygen atoms in total. The summed E-state index contributed by atoms with van der Waals surface area (Å²) < 4.78 is 0. The molecule has 0 saturated carbocycles. The van der Waals surface area contributed by atoms with Crippen molar-refractivity contribution in [1.29, 1.82) is 0 Å². The van der Waals surface area contributed by atoms with Crippen LogP contribution in [-0.4, -0.2) is 39.2 Å². The van der Waals surface area contributed by atoms with Crippen LogP contribution in [-0.2, 0) is 14.4 Å². The predicted octanol–water partition coefficient (Wildman–Crippen LogP) is 4.55. The Morgan fingerprint density at radius 3 is 1.81 bits per heavy atom. The summed E-state index contributed by atoms with van der Waals surface area (Å²) in [7, 11) is 0. The first-order chi connectivity index (χ1) is 14.9. The van der Waals surface area contributed by atoms with Crippen LogP contribution >= 0.6 is 0 Å². The van der Waals surface area contributed by atoms with Crippen LogP contribution in [0.4, 0.5) is 0 Å². The van der Waals surface area contributed by atoms with Gasteiger partial charge in [-0.25, -0.2) is 0 Å². The number of rotatable bonds is 4. The Balaban J connectivity index is 1.97. The van der Waals surface area contributed by atoms with E-state index in [0.29, 0.717) is 36.8 Å². The molecular formula is C26H31NO5. The molecule has 170 valence electrons. The number of nitrogens with zero attached hydrogens (tertiary/aromatic N) is 1. The summed E-state index contributed by atoms with van der Waals surface area (Å²) in [4.78, 5) is 40.4. The first kappa shape index (κ1) is 22.3. The molecule has 0 radical (unpaired) electrons. The van der Waals surface area contributed by atoms with Crippen LogP contribution in [0.25, 0.3) is 0 Å². The highest BCUT2D eigenvalue weighted by molar-refractivity contribution is 6.06. The van der Waals surface area contributed by atoms with Crippen molar-refractivity contribution in [2.75, 3.05) is 6.54 Å². The van der Waals surface area contributed by atoms with Crippen molar-refractivity contribution in [3.8, 4) is 5.75 Å². The fraction of sp³-hybridized carbons (Fsp3) is 0.500. The van der Waals surface area contributed by atoms with E-state index in [4.69, 9.17) is 0 Å². The van der Waals surface area contributed by atoms with Gasteiger partial charge < -0.3 is 15.1 Å². The van der Waals surface area contributed by atoms with E-state index in [2.05, 4.69) is 27.7 Å². The van der Waals surface area contributed by atoms with Crippen LogP contribution in [0.1, 0.15) is 71.3 Å². The third-order valence-corrected chi connectivity index (χ3v) is 6.80. The predicted molar refractivity (Wildman–Crippen MR) is 120 cm³/mol. The largest absolute Gasteiger partial charge is 0.508 e. The molecule has 0 fully saturated rings. The van der Waals surface area contributed by atoms with Gasteiger partial charge in [0.25, 0.3) is 0 Å². The van der Waals surface area contributed by atoms with Gasteiger partial charge in [-0.15, -0.1) is 0 Å². The molecule has 0 atom stereocenters. The molecule has 32 heavy (non-hydrogen) atoms. The lowest BCUT2D eigenvalue weighted by atomic mass is 9.63. The van der Waals surface area contributed by atoms with E-state index < -0.39 is 11.9 Å². The molecule has 0 unspecified atom stereocenters. The van der Waals surface area contributed by atoms with Crippen molar-refractivity contribution in [2.45, 2.75) is 65.7 Å². The molecule has 2 N–H and O–H groups in total. The Bertz CT molecular complexity index is 1000. The zero-order valence-corrected chi connectivity index (χ0v) is 19.2. The summed E-state index contributed by atoms with van der Waals surface area (Å²) in [6.07, 6.45) is 1.99. The van der Waals surface area contributed by atoms with Crippen LogP contribution in [0.5, 0.6) is 5.75 Å². The van der Waals surface area contributed by atoms with Gasteiger partial charge in [0.2, 0.25) is 0 Å². The summed E-state index contributed by atoms with van der Waals surface area (Å²) >= 11 is 0. The van der Waals surface area contributed by atoms with E-state index in [-0.39, 0.29) is 41.1 Å². The first-order valence-electron chi connectivity index (χ1n) is 11.2. The normalized spacial score (nSPS) is 22.7. The van der Waals surface area contributed by atoms with Crippen molar-refractivity contribution in [3.63, 3.8) is 0 Å². The van der Waals surface area contributed by atoms with Crippen LogP contribution < -0.4 is 0 Å². The topological polar surface area (TPSA) is 94.9 Å². The number of phenols is 1. The van der Waals surface area contributed by atoms with Gasteiger partial charge >= 0.3 is 5.97 Å². The average Bonchev–Trinajstić information content (AvgIpc) is 2.64. The van der Waals surface area contributed by atoms with E-state index in [0.717, 1.165) is 17.0 Å². The Labute approximate surface area is 188 Å². The maximum Gasteiger partial charge on any atom is 0.305 e. The number of hydrogen-bond donors (Lipinski definition) is 2. The molecule has 4 rings (SSSR count). The number of carboxylic acids is 1. The smallest absolute Gasteiger partial charge is 0.305 e. The zero-order valence-electron chi connectivity index (χ0n) is 19.2. The van der Waals surface area contributed by atoms with E-state index in [1.165, 1.54) is 0 Å². The molecule has 0 saturated heterocycles. The van der Waals surface area contributed by atoms with E-state index in [1.807, 2.05) is 4.90 Å². The SMILES string of the molecule is CC1(C)CC(=O)C2=C(C1)N(CCC(=O)O)C1=C(C(=O)CC(C)(C)C1)C2c1ccc(O)cc1. The lowest BCUT2D eigenvalue weighted by Gasteiger charge is -2.49. The Morgan fingerprint density at radius 2 is 1.38 bits per heavy atom. The maximum absolute atomic E-state index is 13.5. The second kappa shape index (κ2) is 7.61.